The lowest BCUT2D eigenvalue weighted by atomic mass is 10.2. The number of sulfonamides is 1. The molecule has 21 heavy (non-hydrogen) atoms. The first-order valence-corrected chi connectivity index (χ1v) is 8.86. The van der Waals surface area contributed by atoms with Crippen LogP contribution < -0.4 is 4.74 Å². The third-order valence-electron chi connectivity index (χ3n) is 2.57. The van der Waals surface area contributed by atoms with Crippen LogP contribution in [0.2, 0.25) is 0 Å². The Kier molecular flexibility index (Phi) is 5.14. The molecule has 0 saturated heterocycles. The van der Waals surface area contributed by atoms with Gasteiger partial charge in [-0.25, -0.2) is 0 Å². The van der Waals surface area contributed by atoms with Crippen molar-refractivity contribution in [2.75, 3.05) is 6.61 Å². The summed E-state index contributed by atoms with van der Waals surface area (Å²) < 4.78 is 33.7. The molecular formula is C15H17NO3S2. The van der Waals surface area contributed by atoms with Gasteiger partial charge in [0.1, 0.15) is 9.96 Å². The standard InChI is InChI=1S/C15H17NO3S2/c1-12(2)11-19-14-7-4-3-6-13(14)10-16-21(17,18)15-8-5-9-20-15/h3-10,12H,11H2,1-2H3/b16-10-. The van der Waals surface area contributed by atoms with Crippen LogP contribution in [0.3, 0.4) is 0 Å². The molecule has 0 aliphatic carbocycles. The van der Waals surface area contributed by atoms with Gasteiger partial charge in [-0.05, 0) is 29.5 Å². The average Bonchev–Trinajstić information content (AvgIpc) is 2.99. The van der Waals surface area contributed by atoms with Crippen molar-refractivity contribution in [1.29, 1.82) is 0 Å². The van der Waals surface area contributed by atoms with Crippen molar-refractivity contribution in [3.8, 4) is 5.75 Å². The zero-order valence-electron chi connectivity index (χ0n) is 11.9. The Bertz CT molecular complexity index is 704. The minimum Gasteiger partial charge on any atom is -0.493 e. The molecule has 0 aliphatic heterocycles. The molecule has 6 heteroatoms. The third-order valence-corrected chi connectivity index (χ3v) is 5.18. The number of benzene rings is 1. The normalized spacial score (nSPS) is 12.1. The molecule has 2 rings (SSSR count). The van der Waals surface area contributed by atoms with Gasteiger partial charge >= 0.3 is 0 Å². The van der Waals surface area contributed by atoms with Crippen LogP contribution in [0.1, 0.15) is 19.4 Å². The number of ether oxygens (including phenoxy) is 1. The Balaban J connectivity index is 2.21. The van der Waals surface area contributed by atoms with Crippen LogP contribution in [0.25, 0.3) is 0 Å². The number of para-hydroxylation sites is 1. The average molecular weight is 323 g/mol. The van der Waals surface area contributed by atoms with Gasteiger partial charge in [0.15, 0.2) is 0 Å². The van der Waals surface area contributed by atoms with Gasteiger partial charge in [0.2, 0.25) is 0 Å². The Morgan fingerprint density at radius 3 is 2.67 bits per heavy atom. The van der Waals surface area contributed by atoms with E-state index in [4.69, 9.17) is 4.74 Å². The van der Waals surface area contributed by atoms with Crippen LogP contribution in [0.15, 0.2) is 50.4 Å². The Hall–Kier alpha value is -1.66. The predicted octanol–water partition coefficient (Wildman–Crippen LogP) is 3.59. The SMILES string of the molecule is CC(C)COc1ccccc1/C=N\S(=O)(=O)c1cccs1. The molecule has 1 heterocycles. The fraction of sp³-hybridized carbons (Fsp3) is 0.267. The quantitative estimate of drug-likeness (QED) is 0.763. The van der Waals surface area contributed by atoms with Crippen LogP contribution in [0, 0.1) is 5.92 Å². The van der Waals surface area contributed by atoms with Crippen molar-refractivity contribution in [1.82, 2.24) is 0 Å². The summed E-state index contributed by atoms with van der Waals surface area (Å²) in [6, 6.07) is 10.5. The van der Waals surface area contributed by atoms with Crippen molar-refractivity contribution >= 4 is 27.6 Å². The molecule has 4 nitrogen and oxygen atoms in total. The first-order chi connectivity index (χ1) is 9.99. The van der Waals surface area contributed by atoms with Gasteiger partial charge < -0.3 is 4.74 Å². The molecule has 0 unspecified atom stereocenters. The molecule has 0 amide bonds. The number of rotatable bonds is 6. The van der Waals surface area contributed by atoms with Gasteiger partial charge in [-0.2, -0.15) is 12.8 Å². The van der Waals surface area contributed by atoms with Crippen molar-refractivity contribution in [3.05, 3.63) is 47.3 Å². The largest absolute Gasteiger partial charge is 0.493 e. The fourth-order valence-corrected chi connectivity index (χ4v) is 3.40. The highest BCUT2D eigenvalue weighted by atomic mass is 32.2. The van der Waals surface area contributed by atoms with Gasteiger partial charge in [-0.1, -0.05) is 32.0 Å². The van der Waals surface area contributed by atoms with Crippen LogP contribution in [-0.2, 0) is 10.0 Å². The lowest BCUT2D eigenvalue weighted by molar-refractivity contribution is 0.271. The molecule has 1 aromatic heterocycles. The maximum Gasteiger partial charge on any atom is 0.291 e. The summed E-state index contributed by atoms with van der Waals surface area (Å²) in [4.78, 5) is 0. The number of nitrogens with zero attached hydrogens (tertiary/aromatic N) is 1. The maximum absolute atomic E-state index is 12.0. The molecule has 1 aromatic carbocycles. The molecule has 0 N–H and O–H groups in total. The lowest BCUT2D eigenvalue weighted by Gasteiger charge is -2.10. The van der Waals surface area contributed by atoms with Crippen LogP contribution in [0.4, 0.5) is 0 Å². The molecular weight excluding hydrogens is 306 g/mol. The molecule has 0 atom stereocenters. The Morgan fingerprint density at radius 1 is 1.24 bits per heavy atom. The van der Waals surface area contributed by atoms with Crippen molar-refractivity contribution < 1.29 is 13.2 Å². The van der Waals surface area contributed by atoms with E-state index in [1.54, 1.807) is 23.6 Å². The second-order valence-electron chi connectivity index (χ2n) is 4.88. The van der Waals surface area contributed by atoms with E-state index in [0.29, 0.717) is 23.8 Å². The molecule has 0 spiro atoms. The van der Waals surface area contributed by atoms with Crippen LogP contribution in [-0.4, -0.2) is 21.2 Å². The van der Waals surface area contributed by atoms with Crippen molar-refractivity contribution in [3.63, 3.8) is 0 Å². The van der Waals surface area contributed by atoms with Crippen molar-refractivity contribution in [2.45, 2.75) is 18.1 Å². The Morgan fingerprint density at radius 2 is 2.00 bits per heavy atom. The van der Waals surface area contributed by atoms with E-state index in [-0.39, 0.29) is 4.21 Å². The summed E-state index contributed by atoms with van der Waals surface area (Å²) >= 11 is 1.15. The summed E-state index contributed by atoms with van der Waals surface area (Å²) in [5, 5.41) is 1.71. The second kappa shape index (κ2) is 6.87. The van der Waals surface area contributed by atoms with E-state index in [1.807, 2.05) is 18.2 Å². The highest BCUT2D eigenvalue weighted by Crippen LogP contribution is 2.20. The predicted molar refractivity (Wildman–Crippen MR) is 85.9 cm³/mol. The van der Waals surface area contributed by atoms with Crippen LogP contribution >= 0.6 is 11.3 Å². The monoisotopic (exact) mass is 323 g/mol. The first-order valence-electron chi connectivity index (χ1n) is 6.55. The third kappa shape index (κ3) is 4.41. The minimum atomic E-state index is -3.63. The highest BCUT2D eigenvalue weighted by Gasteiger charge is 2.13. The summed E-state index contributed by atoms with van der Waals surface area (Å²) in [5.74, 6) is 1.03. The Labute approximate surface area is 129 Å². The fourth-order valence-electron chi connectivity index (χ4n) is 1.56. The zero-order valence-corrected chi connectivity index (χ0v) is 13.5. The van der Waals surface area contributed by atoms with Gasteiger partial charge in [-0.15, -0.1) is 11.3 Å². The van der Waals surface area contributed by atoms with Gasteiger partial charge in [0.25, 0.3) is 10.0 Å². The summed E-state index contributed by atoms with van der Waals surface area (Å²) in [6.07, 6.45) is 1.34. The molecule has 0 aliphatic rings. The van der Waals surface area contributed by atoms with E-state index in [9.17, 15) is 8.42 Å². The van der Waals surface area contributed by atoms with E-state index in [0.717, 1.165) is 11.3 Å². The van der Waals surface area contributed by atoms with E-state index in [1.165, 1.54) is 6.21 Å². The van der Waals surface area contributed by atoms with Gasteiger partial charge in [-0.3, -0.25) is 0 Å². The number of hydrogen-bond acceptors (Lipinski definition) is 4. The van der Waals surface area contributed by atoms with E-state index < -0.39 is 10.0 Å². The van der Waals surface area contributed by atoms with Gasteiger partial charge in [0.05, 0.1) is 12.8 Å². The molecule has 2 aromatic rings. The number of hydrogen-bond donors (Lipinski definition) is 0. The number of thiophene rings is 1. The lowest BCUT2D eigenvalue weighted by Crippen LogP contribution is -2.06. The minimum absolute atomic E-state index is 0.235. The summed E-state index contributed by atoms with van der Waals surface area (Å²) in [5.41, 5.74) is 0.651. The maximum atomic E-state index is 12.0. The van der Waals surface area contributed by atoms with Gasteiger partial charge in [0, 0.05) is 5.56 Å². The highest BCUT2D eigenvalue weighted by molar-refractivity contribution is 7.92. The molecule has 0 bridgehead atoms. The topological polar surface area (TPSA) is 55.7 Å². The summed E-state index contributed by atoms with van der Waals surface area (Å²) in [7, 11) is -3.63. The van der Waals surface area contributed by atoms with Crippen molar-refractivity contribution in [2.24, 2.45) is 10.3 Å². The van der Waals surface area contributed by atoms with E-state index >= 15 is 0 Å². The second-order valence-corrected chi connectivity index (χ2v) is 7.69. The summed E-state index contributed by atoms with van der Waals surface area (Å²) in [6.45, 7) is 4.68. The van der Waals surface area contributed by atoms with E-state index in [2.05, 4.69) is 18.2 Å². The molecule has 0 radical (unpaired) electrons. The molecule has 0 saturated carbocycles. The van der Waals surface area contributed by atoms with Crippen LogP contribution in [0.5, 0.6) is 5.75 Å². The molecule has 112 valence electrons. The smallest absolute Gasteiger partial charge is 0.291 e. The first kappa shape index (κ1) is 15.7. The zero-order chi connectivity index (χ0) is 15.3. The molecule has 0 fully saturated rings.